The minimum Gasteiger partial charge on any atom is -0.258 e. The molecule has 1 aliphatic carbocycles. The quantitative estimate of drug-likeness (QED) is 0.513. The lowest BCUT2D eigenvalue weighted by atomic mass is 9.95. The molecule has 0 saturated carbocycles. The smallest absolute Gasteiger partial charge is 0.258 e. The first-order chi connectivity index (χ1) is 9.92. The molecule has 0 amide bonds. The maximum Gasteiger partial charge on any atom is 0.324 e. The molecule has 1 aromatic rings. The highest BCUT2D eigenvalue weighted by Crippen LogP contribution is 2.27. The fraction of sp³-hybridized carbons (Fsp3) is 0.385. The normalized spacial score (nSPS) is 18.6. The first-order valence-electron chi connectivity index (χ1n) is 6.49. The Kier molecular flexibility index (Phi) is 4.69. The summed E-state index contributed by atoms with van der Waals surface area (Å²) >= 11 is 0. The van der Waals surface area contributed by atoms with Gasteiger partial charge in [0.1, 0.15) is 0 Å². The number of nitrogens with one attached hydrogen (secondary N) is 1. The number of sulfonamides is 1. The SMILES string of the molecule is O=[N+]([O-])c1c(F)cccc1S(=O)(=O)NCC1CC=CCC1. The molecule has 1 aliphatic rings. The summed E-state index contributed by atoms with van der Waals surface area (Å²) in [6.45, 7) is 0.181. The molecule has 0 aromatic heterocycles. The molecule has 21 heavy (non-hydrogen) atoms. The van der Waals surface area contributed by atoms with Gasteiger partial charge in [-0.1, -0.05) is 18.2 Å². The summed E-state index contributed by atoms with van der Waals surface area (Å²) in [5, 5.41) is 10.9. The molecule has 0 aliphatic heterocycles. The Morgan fingerprint density at radius 1 is 1.38 bits per heavy atom. The van der Waals surface area contributed by atoms with Gasteiger partial charge in [0.05, 0.1) is 4.92 Å². The van der Waals surface area contributed by atoms with Gasteiger partial charge in [-0.25, -0.2) is 13.1 Å². The van der Waals surface area contributed by atoms with Crippen molar-refractivity contribution in [1.82, 2.24) is 4.72 Å². The molecule has 0 saturated heterocycles. The second-order valence-electron chi connectivity index (χ2n) is 4.85. The second kappa shape index (κ2) is 6.31. The van der Waals surface area contributed by atoms with E-state index in [4.69, 9.17) is 0 Å². The maximum atomic E-state index is 13.5. The number of nitro benzene ring substituents is 1. The number of allylic oxidation sites excluding steroid dienone is 2. The Hall–Kier alpha value is -1.80. The molecule has 8 heteroatoms. The maximum absolute atomic E-state index is 13.5. The van der Waals surface area contributed by atoms with Crippen LogP contribution in [0.2, 0.25) is 0 Å². The Morgan fingerprint density at radius 3 is 2.76 bits per heavy atom. The molecule has 1 atom stereocenters. The molecular formula is C13H15FN2O4S. The Morgan fingerprint density at radius 2 is 2.14 bits per heavy atom. The molecule has 0 spiro atoms. The van der Waals surface area contributed by atoms with Gasteiger partial charge >= 0.3 is 5.69 Å². The van der Waals surface area contributed by atoms with Crippen molar-refractivity contribution in [3.05, 3.63) is 46.3 Å². The van der Waals surface area contributed by atoms with Gasteiger partial charge in [-0.05, 0) is 37.3 Å². The van der Waals surface area contributed by atoms with Crippen LogP contribution in [-0.4, -0.2) is 19.9 Å². The minimum atomic E-state index is -4.11. The zero-order valence-electron chi connectivity index (χ0n) is 11.2. The van der Waals surface area contributed by atoms with Crippen molar-refractivity contribution in [3.63, 3.8) is 0 Å². The lowest BCUT2D eigenvalue weighted by Gasteiger charge is -2.18. The topological polar surface area (TPSA) is 89.3 Å². The van der Waals surface area contributed by atoms with Crippen molar-refractivity contribution >= 4 is 15.7 Å². The van der Waals surface area contributed by atoms with E-state index in [1.165, 1.54) is 0 Å². The van der Waals surface area contributed by atoms with Gasteiger partial charge in [-0.15, -0.1) is 0 Å². The van der Waals surface area contributed by atoms with Gasteiger partial charge in [0, 0.05) is 6.54 Å². The summed E-state index contributed by atoms with van der Waals surface area (Å²) in [7, 11) is -4.11. The first kappa shape index (κ1) is 15.6. The van der Waals surface area contributed by atoms with Crippen LogP contribution in [0.4, 0.5) is 10.1 Å². The molecule has 0 radical (unpaired) electrons. The van der Waals surface area contributed by atoms with E-state index in [0.717, 1.165) is 37.5 Å². The molecule has 1 aromatic carbocycles. The number of halogens is 1. The van der Waals surface area contributed by atoms with Gasteiger partial charge in [-0.3, -0.25) is 10.1 Å². The standard InChI is InChI=1S/C13H15FN2O4S/c14-11-7-4-8-12(13(11)16(17)18)21(19,20)15-9-10-5-2-1-3-6-10/h1-2,4,7-8,10,15H,3,5-6,9H2. The fourth-order valence-corrected chi connectivity index (χ4v) is 3.53. The highest BCUT2D eigenvalue weighted by atomic mass is 32.2. The van der Waals surface area contributed by atoms with Gasteiger partial charge in [0.25, 0.3) is 0 Å². The van der Waals surface area contributed by atoms with Crippen LogP contribution in [-0.2, 0) is 10.0 Å². The third kappa shape index (κ3) is 3.64. The Labute approximate surface area is 121 Å². The van der Waals surface area contributed by atoms with Gasteiger partial charge in [0.2, 0.25) is 15.8 Å². The lowest BCUT2D eigenvalue weighted by molar-refractivity contribution is -0.390. The molecule has 0 heterocycles. The molecule has 1 unspecified atom stereocenters. The molecule has 0 bridgehead atoms. The van der Waals surface area contributed by atoms with Crippen LogP contribution in [0.15, 0.2) is 35.2 Å². The van der Waals surface area contributed by atoms with Crippen LogP contribution in [0.5, 0.6) is 0 Å². The Bertz CT molecular complexity index is 673. The van der Waals surface area contributed by atoms with Crippen LogP contribution in [0.25, 0.3) is 0 Å². The van der Waals surface area contributed by atoms with E-state index in [9.17, 15) is 22.9 Å². The summed E-state index contributed by atoms with van der Waals surface area (Å²) in [5.74, 6) is -1.01. The van der Waals surface area contributed by atoms with E-state index < -0.39 is 31.3 Å². The number of benzene rings is 1. The molecular weight excluding hydrogens is 299 g/mol. The van der Waals surface area contributed by atoms with Gasteiger partial charge in [-0.2, -0.15) is 4.39 Å². The van der Waals surface area contributed by atoms with Crippen molar-refractivity contribution < 1.29 is 17.7 Å². The van der Waals surface area contributed by atoms with E-state index in [-0.39, 0.29) is 12.5 Å². The van der Waals surface area contributed by atoms with Crippen LogP contribution >= 0.6 is 0 Å². The molecule has 114 valence electrons. The molecule has 6 nitrogen and oxygen atoms in total. The summed E-state index contributed by atoms with van der Waals surface area (Å²) in [6, 6.07) is 3.04. The van der Waals surface area contributed by atoms with Crippen molar-refractivity contribution in [3.8, 4) is 0 Å². The molecule has 0 fully saturated rings. The van der Waals surface area contributed by atoms with E-state index >= 15 is 0 Å². The summed E-state index contributed by atoms with van der Waals surface area (Å²) in [4.78, 5) is 9.20. The number of hydrogen-bond acceptors (Lipinski definition) is 4. The lowest BCUT2D eigenvalue weighted by Crippen LogP contribution is -2.30. The van der Waals surface area contributed by atoms with E-state index in [1.54, 1.807) is 0 Å². The zero-order chi connectivity index (χ0) is 15.5. The van der Waals surface area contributed by atoms with Crippen LogP contribution in [0, 0.1) is 21.8 Å². The third-order valence-corrected chi connectivity index (χ3v) is 4.82. The van der Waals surface area contributed by atoms with Crippen molar-refractivity contribution in [1.29, 1.82) is 0 Å². The van der Waals surface area contributed by atoms with Gasteiger partial charge < -0.3 is 0 Å². The number of para-hydroxylation sites is 1. The number of nitrogens with zero attached hydrogens (tertiary/aromatic N) is 1. The van der Waals surface area contributed by atoms with E-state index in [2.05, 4.69) is 4.72 Å². The molecule has 2 rings (SSSR count). The zero-order valence-corrected chi connectivity index (χ0v) is 12.0. The summed E-state index contributed by atoms with van der Waals surface area (Å²) in [5.41, 5.74) is -1.02. The summed E-state index contributed by atoms with van der Waals surface area (Å²) in [6.07, 6.45) is 6.50. The van der Waals surface area contributed by atoms with Crippen molar-refractivity contribution in [2.75, 3.05) is 6.54 Å². The summed E-state index contributed by atoms with van der Waals surface area (Å²) < 4.78 is 40.1. The highest BCUT2D eigenvalue weighted by molar-refractivity contribution is 7.89. The highest BCUT2D eigenvalue weighted by Gasteiger charge is 2.29. The monoisotopic (exact) mass is 314 g/mol. The number of hydrogen-bond donors (Lipinski definition) is 1. The average molecular weight is 314 g/mol. The second-order valence-corrected chi connectivity index (χ2v) is 6.58. The van der Waals surface area contributed by atoms with Crippen LogP contribution in [0.3, 0.4) is 0 Å². The third-order valence-electron chi connectivity index (χ3n) is 3.36. The Balaban J connectivity index is 2.21. The number of nitro groups is 1. The first-order valence-corrected chi connectivity index (χ1v) is 7.97. The largest absolute Gasteiger partial charge is 0.324 e. The minimum absolute atomic E-state index is 0.150. The number of rotatable bonds is 5. The van der Waals surface area contributed by atoms with Crippen LogP contribution < -0.4 is 4.72 Å². The van der Waals surface area contributed by atoms with Crippen LogP contribution in [0.1, 0.15) is 19.3 Å². The average Bonchev–Trinajstić information content (AvgIpc) is 2.46. The predicted octanol–water partition coefficient (Wildman–Crippen LogP) is 2.37. The van der Waals surface area contributed by atoms with Gasteiger partial charge in [0.15, 0.2) is 4.90 Å². The van der Waals surface area contributed by atoms with E-state index in [0.29, 0.717) is 0 Å². The van der Waals surface area contributed by atoms with Crippen molar-refractivity contribution in [2.45, 2.75) is 24.2 Å². The van der Waals surface area contributed by atoms with Crippen molar-refractivity contribution in [2.24, 2.45) is 5.92 Å². The van der Waals surface area contributed by atoms with E-state index in [1.807, 2.05) is 12.2 Å². The molecule has 1 N–H and O–H groups in total. The predicted molar refractivity (Wildman–Crippen MR) is 74.7 cm³/mol. The fourth-order valence-electron chi connectivity index (χ4n) is 2.24.